The van der Waals surface area contributed by atoms with Gasteiger partial charge in [0.1, 0.15) is 0 Å². The first-order valence-corrected chi connectivity index (χ1v) is 6.44. The van der Waals surface area contributed by atoms with Crippen LogP contribution < -0.4 is 0 Å². The first kappa shape index (κ1) is 12.1. The van der Waals surface area contributed by atoms with Crippen molar-refractivity contribution < 1.29 is 0 Å². The van der Waals surface area contributed by atoms with Gasteiger partial charge in [-0.1, -0.05) is 52.0 Å². The molecule has 1 aliphatic rings. The van der Waals surface area contributed by atoms with Gasteiger partial charge in [-0.15, -0.1) is 0 Å². The van der Waals surface area contributed by atoms with Crippen molar-refractivity contribution in [3.05, 3.63) is 47.2 Å². The van der Waals surface area contributed by atoms with Crippen LogP contribution in [0.1, 0.15) is 51.2 Å². The molecule has 1 aromatic rings. The molecule has 0 radical (unpaired) electrons. The molecule has 2 rings (SSSR count). The van der Waals surface area contributed by atoms with Gasteiger partial charge in [0.2, 0.25) is 0 Å². The maximum atomic E-state index is 4.61. The molecular weight excluding hydrogens is 206 g/mol. The molecule has 0 atom stereocenters. The lowest BCUT2D eigenvalue weighted by Gasteiger charge is -2.13. The van der Waals surface area contributed by atoms with Crippen LogP contribution in [0.25, 0.3) is 0 Å². The number of hydrogen-bond donors (Lipinski definition) is 0. The summed E-state index contributed by atoms with van der Waals surface area (Å²) in [6, 6.07) is 8.64. The van der Waals surface area contributed by atoms with Crippen LogP contribution in [0.2, 0.25) is 0 Å². The van der Waals surface area contributed by atoms with Crippen molar-refractivity contribution >= 4 is 5.71 Å². The van der Waals surface area contributed by atoms with Crippen LogP contribution in [0.4, 0.5) is 0 Å². The third kappa shape index (κ3) is 2.49. The van der Waals surface area contributed by atoms with Gasteiger partial charge in [0.05, 0.1) is 5.71 Å². The van der Waals surface area contributed by atoms with E-state index in [9.17, 15) is 0 Å². The molecule has 1 heteroatoms. The molecule has 17 heavy (non-hydrogen) atoms. The second kappa shape index (κ2) is 4.87. The predicted molar refractivity (Wildman–Crippen MR) is 74.6 cm³/mol. The van der Waals surface area contributed by atoms with Crippen molar-refractivity contribution in [3.63, 3.8) is 0 Å². The van der Waals surface area contributed by atoms with Gasteiger partial charge in [0.25, 0.3) is 0 Å². The largest absolute Gasteiger partial charge is 0.260 e. The molecule has 0 saturated heterocycles. The summed E-state index contributed by atoms with van der Waals surface area (Å²) in [5.74, 6) is 1.15. The molecule has 0 aromatic heterocycles. The summed E-state index contributed by atoms with van der Waals surface area (Å²) in [6.45, 7) is 8.95. The fourth-order valence-corrected chi connectivity index (χ4v) is 2.23. The highest BCUT2D eigenvalue weighted by atomic mass is 14.7. The molecule has 0 unspecified atom stereocenters. The highest BCUT2D eigenvalue weighted by molar-refractivity contribution is 6.05. The van der Waals surface area contributed by atoms with E-state index in [1.54, 1.807) is 0 Å². The van der Waals surface area contributed by atoms with E-state index in [4.69, 9.17) is 0 Å². The lowest BCUT2D eigenvalue weighted by atomic mass is 9.91. The summed E-state index contributed by atoms with van der Waals surface area (Å²) >= 11 is 0. The molecule has 1 nitrogen and oxygen atoms in total. The van der Waals surface area contributed by atoms with Crippen LogP contribution >= 0.6 is 0 Å². The molecule has 1 aromatic carbocycles. The summed E-state index contributed by atoms with van der Waals surface area (Å²) in [6.07, 6.45) is 3.07. The zero-order valence-corrected chi connectivity index (χ0v) is 11.2. The van der Waals surface area contributed by atoms with E-state index in [0.717, 1.165) is 6.42 Å². The Morgan fingerprint density at radius 1 is 1.00 bits per heavy atom. The number of hydrogen-bond acceptors (Lipinski definition) is 1. The van der Waals surface area contributed by atoms with Gasteiger partial charge in [-0.05, 0) is 28.5 Å². The van der Waals surface area contributed by atoms with E-state index in [0.29, 0.717) is 11.8 Å². The summed E-state index contributed by atoms with van der Waals surface area (Å²) in [5, 5.41) is 0. The zero-order valence-electron chi connectivity index (χ0n) is 11.2. The Kier molecular flexibility index (Phi) is 3.46. The fourth-order valence-electron chi connectivity index (χ4n) is 2.23. The van der Waals surface area contributed by atoms with Gasteiger partial charge in [0.15, 0.2) is 0 Å². The van der Waals surface area contributed by atoms with Gasteiger partial charge in [-0.2, -0.15) is 0 Å². The third-order valence-corrected chi connectivity index (χ3v) is 3.39. The molecule has 1 heterocycles. The van der Waals surface area contributed by atoms with Gasteiger partial charge in [-0.25, -0.2) is 0 Å². The normalized spacial score (nSPS) is 15.4. The fraction of sp³-hybridized carbons (Fsp3) is 0.438. The molecule has 0 bridgehead atoms. The van der Waals surface area contributed by atoms with Gasteiger partial charge >= 0.3 is 0 Å². The highest BCUT2D eigenvalue weighted by Crippen LogP contribution is 2.27. The van der Waals surface area contributed by atoms with Crippen molar-refractivity contribution in [2.75, 3.05) is 0 Å². The minimum atomic E-state index is 0.553. The molecule has 0 aliphatic carbocycles. The molecule has 1 aliphatic heterocycles. The van der Waals surface area contributed by atoms with E-state index < -0.39 is 0 Å². The Morgan fingerprint density at radius 3 is 2.29 bits per heavy atom. The minimum absolute atomic E-state index is 0.553. The molecule has 0 saturated carbocycles. The van der Waals surface area contributed by atoms with Crippen molar-refractivity contribution in [2.45, 2.75) is 40.0 Å². The van der Waals surface area contributed by atoms with E-state index in [1.807, 2.05) is 0 Å². The molecule has 0 fully saturated rings. The second-order valence-electron chi connectivity index (χ2n) is 5.35. The highest BCUT2D eigenvalue weighted by Gasteiger charge is 2.17. The lowest BCUT2D eigenvalue weighted by Crippen LogP contribution is -2.06. The maximum Gasteiger partial charge on any atom is 0.0519 e. The second-order valence-corrected chi connectivity index (χ2v) is 5.35. The van der Waals surface area contributed by atoms with Gasteiger partial charge in [0, 0.05) is 12.6 Å². The predicted octanol–water partition coefficient (Wildman–Crippen LogP) is 4.54. The van der Waals surface area contributed by atoms with E-state index >= 15 is 0 Å². The Morgan fingerprint density at radius 2 is 1.71 bits per heavy atom. The molecule has 0 amide bonds. The van der Waals surface area contributed by atoms with Crippen LogP contribution in [0, 0.1) is 5.92 Å². The molecule has 0 spiro atoms. The first-order valence-electron chi connectivity index (χ1n) is 6.44. The summed E-state index contributed by atoms with van der Waals surface area (Å²) < 4.78 is 0. The summed E-state index contributed by atoms with van der Waals surface area (Å²) in [7, 11) is 0. The first-order chi connectivity index (χ1) is 8.09. The Bertz CT molecular complexity index is 464. The molecular formula is C16H21N. The number of nitrogens with zero attached hydrogens (tertiary/aromatic N) is 1. The van der Waals surface area contributed by atoms with Gasteiger partial charge < -0.3 is 0 Å². The Balaban J connectivity index is 2.27. The third-order valence-electron chi connectivity index (χ3n) is 3.39. The summed E-state index contributed by atoms with van der Waals surface area (Å²) in [4.78, 5) is 4.61. The standard InChI is InChI=1S/C16H21N/c1-11(2)13-9-16(17-10-13)15-8-6-5-7-14(15)12(3)4/h5-8,10-12H,9H2,1-4H3. The monoisotopic (exact) mass is 227 g/mol. The topological polar surface area (TPSA) is 12.4 Å². The average molecular weight is 227 g/mol. The van der Waals surface area contributed by atoms with Crippen LogP contribution in [0.15, 0.2) is 41.0 Å². The smallest absolute Gasteiger partial charge is 0.0519 e. The number of rotatable bonds is 3. The van der Waals surface area contributed by atoms with Crippen molar-refractivity contribution in [3.8, 4) is 0 Å². The SMILES string of the molecule is CC(C)C1=CN=C(c2ccccc2C(C)C)C1. The van der Waals surface area contributed by atoms with Gasteiger partial charge in [-0.3, -0.25) is 4.99 Å². The van der Waals surface area contributed by atoms with E-state index in [2.05, 4.69) is 63.2 Å². The Hall–Kier alpha value is -1.37. The van der Waals surface area contributed by atoms with Crippen molar-refractivity contribution in [1.29, 1.82) is 0 Å². The quantitative estimate of drug-likeness (QED) is 0.718. The van der Waals surface area contributed by atoms with Crippen molar-refractivity contribution in [1.82, 2.24) is 0 Å². The maximum absolute atomic E-state index is 4.61. The van der Waals surface area contributed by atoms with Crippen LogP contribution in [-0.4, -0.2) is 5.71 Å². The van der Waals surface area contributed by atoms with E-state index in [1.165, 1.54) is 22.4 Å². The van der Waals surface area contributed by atoms with Crippen LogP contribution in [0.3, 0.4) is 0 Å². The molecule has 90 valence electrons. The minimum Gasteiger partial charge on any atom is -0.260 e. The number of allylic oxidation sites excluding steroid dienone is 1. The number of benzene rings is 1. The average Bonchev–Trinajstić information content (AvgIpc) is 2.78. The van der Waals surface area contributed by atoms with Crippen LogP contribution in [-0.2, 0) is 0 Å². The summed E-state index contributed by atoms with van der Waals surface area (Å²) in [5.41, 5.74) is 5.41. The molecule has 0 N–H and O–H groups in total. The van der Waals surface area contributed by atoms with Crippen LogP contribution in [0.5, 0.6) is 0 Å². The zero-order chi connectivity index (χ0) is 12.4. The Labute approximate surface area is 104 Å². The number of aliphatic imine (C=N–C) groups is 1. The van der Waals surface area contributed by atoms with Crippen molar-refractivity contribution in [2.24, 2.45) is 10.9 Å². The van der Waals surface area contributed by atoms with E-state index in [-0.39, 0.29) is 0 Å². The lowest BCUT2D eigenvalue weighted by molar-refractivity contribution is 0.758.